The zero-order valence-electron chi connectivity index (χ0n) is 12.9. The van der Waals surface area contributed by atoms with Gasteiger partial charge in [-0.15, -0.1) is 0 Å². The van der Waals surface area contributed by atoms with Crippen LogP contribution in [0.4, 0.5) is 5.69 Å². The molecule has 6 heteroatoms. The normalized spacial score (nSPS) is 16.8. The number of carbonyl (C=O) groups excluding carboxylic acids is 1. The average molecular weight is 411 g/mol. The summed E-state index contributed by atoms with van der Waals surface area (Å²) >= 11 is 9.50. The van der Waals surface area contributed by atoms with Crippen molar-refractivity contribution in [3.05, 3.63) is 57.5 Å². The van der Waals surface area contributed by atoms with E-state index >= 15 is 0 Å². The third-order valence-corrected chi connectivity index (χ3v) is 4.57. The fourth-order valence-electron chi connectivity index (χ4n) is 2.52. The lowest BCUT2D eigenvalue weighted by Gasteiger charge is -2.15. The lowest BCUT2D eigenvalue weighted by molar-refractivity contribution is 0.0673. The molecule has 1 atom stereocenters. The second-order valence-electron chi connectivity index (χ2n) is 5.52. The van der Waals surface area contributed by atoms with Crippen LogP contribution in [-0.2, 0) is 4.74 Å². The number of carbonyl (C=O) groups is 1. The molecule has 24 heavy (non-hydrogen) atoms. The first-order valence-electron chi connectivity index (χ1n) is 7.73. The van der Waals surface area contributed by atoms with Gasteiger partial charge in [-0.2, -0.15) is 0 Å². The topological polar surface area (TPSA) is 47.6 Å². The molecule has 1 saturated heterocycles. The van der Waals surface area contributed by atoms with Gasteiger partial charge in [-0.3, -0.25) is 4.79 Å². The number of para-hydroxylation sites is 1. The molecule has 0 radical (unpaired) electrons. The van der Waals surface area contributed by atoms with Crippen molar-refractivity contribution in [2.45, 2.75) is 18.9 Å². The van der Waals surface area contributed by atoms with Gasteiger partial charge < -0.3 is 14.8 Å². The monoisotopic (exact) mass is 409 g/mol. The van der Waals surface area contributed by atoms with E-state index in [1.165, 1.54) is 0 Å². The maximum absolute atomic E-state index is 12.6. The molecule has 1 aliphatic rings. The van der Waals surface area contributed by atoms with Crippen LogP contribution in [0.25, 0.3) is 0 Å². The quantitative estimate of drug-likeness (QED) is 0.761. The number of amides is 1. The van der Waals surface area contributed by atoms with Gasteiger partial charge in [-0.1, -0.05) is 39.7 Å². The van der Waals surface area contributed by atoms with E-state index in [0.29, 0.717) is 28.6 Å². The van der Waals surface area contributed by atoms with Crippen molar-refractivity contribution in [2.75, 3.05) is 18.5 Å². The summed E-state index contributed by atoms with van der Waals surface area (Å²) in [4.78, 5) is 12.6. The minimum atomic E-state index is -0.262. The van der Waals surface area contributed by atoms with E-state index in [4.69, 9.17) is 21.1 Å². The highest BCUT2D eigenvalue weighted by atomic mass is 79.9. The highest BCUT2D eigenvalue weighted by Crippen LogP contribution is 2.27. The fourth-order valence-corrected chi connectivity index (χ4v) is 3.24. The molecule has 1 aliphatic heterocycles. The number of hydrogen-bond donors (Lipinski definition) is 1. The summed E-state index contributed by atoms with van der Waals surface area (Å²) in [6.45, 7) is 1.22. The van der Waals surface area contributed by atoms with Gasteiger partial charge in [-0.05, 0) is 43.2 Å². The summed E-state index contributed by atoms with van der Waals surface area (Å²) in [5.41, 5.74) is 1.02. The summed E-state index contributed by atoms with van der Waals surface area (Å²) in [6, 6.07) is 12.5. The van der Waals surface area contributed by atoms with E-state index in [2.05, 4.69) is 21.2 Å². The molecule has 1 amide bonds. The van der Waals surface area contributed by atoms with Crippen LogP contribution in [0.15, 0.2) is 46.9 Å². The van der Waals surface area contributed by atoms with Crippen molar-refractivity contribution in [3.63, 3.8) is 0 Å². The Balaban J connectivity index is 1.72. The van der Waals surface area contributed by atoms with Crippen LogP contribution in [0, 0.1) is 0 Å². The van der Waals surface area contributed by atoms with Gasteiger partial charge in [0.25, 0.3) is 5.91 Å². The lowest BCUT2D eigenvalue weighted by Crippen LogP contribution is -2.19. The molecule has 0 aliphatic carbocycles. The van der Waals surface area contributed by atoms with Crippen molar-refractivity contribution in [1.29, 1.82) is 0 Å². The third-order valence-electron chi connectivity index (χ3n) is 3.76. The molecule has 0 saturated carbocycles. The van der Waals surface area contributed by atoms with Gasteiger partial charge >= 0.3 is 0 Å². The van der Waals surface area contributed by atoms with Crippen LogP contribution < -0.4 is 10.1 Å². The first-order chi connectivity index (χ1) is 11.6. The van der Waals surface area contributed by atoms with Gasteiger partial charge in [0.1, 0.15) is 12.4 Å². The molecule has 2 aromatic carbocycles. The first kappa shape index (κ1) is 17.3. The van der Waals surface area contributed by atoms with Gasteiger partial charge in [0.05, 0.1) is 22.4 Å². The van der Waals surface area contributed by atoms with Crippen LogP contribution in [0.2, 0.25) is 5.02 Å². The Labute approximate surface area is 154 Å². The van der Waals surface area contributed by atoms with Crippen LogP contribution in [0.3, 0.4) is 0 Å². The Hall–Kier alpha value is -1.56. The molecular formula is C18H17BrClNO3. The zero-order valence-corrected chi connectivity index (χ0v) is 15.3. The fraction of sp³-hybridized carbons (Fsp3) is 0.278. The third kappa shape index (κ3) is 4.29. The Morgan fingerprint density at radius 2 is 2.17 bits per heavy atom. The summed E-state index contributed by atoms with van der Waals surface area (Å²) in [5.74, 6) is 0.279. The van der Waals surface area contributed by atoms with Crippen molar-refractivity contribution < 1.29 is 14.3 Å². The maximum Gasteiger partial charge on any atom is 0.259 e. The van der Waals surface area contributed by atoms with Crippen molar-refractivity contribution in [3.8, 4) is 5.75 Å². The summed E-state index contributed by atoms with van der Waals surface area (Å²) in [5, 5.41) is 3.29. The molecule has 1 heterocycles. The predicted molar refractivity (Wildman–Crippen MR) is 98.0 cm³/mol. The molecule has 1 N–H and O–H groups in total. The molecule has 1 fully saturated rings. The molecule has 0 spiro atoms. The van der Waals surface area contributed by atoms with Crippen molar-refractivity contribution in [2.24, 2.45) is 0 Å². The SMILES string of the molecule is O=C(Nc1ccc(Br)cc1Cl)c1ccccc1OCC1CCCO1. The maximum atomic E-state index is 12.6. The van der Waals surface area contributed by atoms with E-state index in [9.17, 15) is 4.79 Å². The first-order valence-corrected chi connectivity index (χ1v) is 8.90. The molecule has 2 aromatic rings. The number of rotatable bonds is 5. The lowest BCUT2D eigenvalue weighted by atomic mass is 10.1. The van der Waals surface area contributed by atoms with Crippen molar-refractivity contribution >= 4 is 39.1 Å². The zero-order chi connectivity index (χ0) is 16.9. The van der Waals surface area contributed by atoms with E-state index in [0.717, 1.165) is 23.9 Å². The number of halogens is 2. The van der Waals surface area contributed by atoms with E-state index in [1.807, 2.05) is 12.1 Å². The second-order valence-corrected chi connectivity index (χ2v) is 6.84. The van der Waals surface area contributed by atoms with Gasteiger partial charge in [0, 0.05) is 11.1 Å². The largest absolute Gasteiger partial charge is 0.490 e. The molecule has 1 unspecified atom stereocenters. The average Bonchev–Trinajstić information content (AvgIpc) is 3.09. The van der Waals surface area contributed by atoms with Crippen LogP contribution in [0.1, 0.15) is 23.2 Å². The minimum absolute atomic E-state index is 0.0991. The van der Waals surface area contributed by atoms with Crippen LogP contribution >= 0.6 is 27.5 Å². The molecule has 3 rings (SSSR count). The standard InChI is InChI=1S/C18H17BrClNO3/c19-12-7-8-16(15(20)10-12)21-18(22)14-5-1-2-6-17(14)24-11-13-4-3-9-23-13/h1-2,5-8,10,13H,3-4,9,11H2,(H,21,22). The Bertz CT molecular complexity index is 732. The number of hydrogen-bond acceptors (Lipinski definition) is 3. The number of anilines is 1. The Morgan fingerprint density at radius 3 is 2.92 bits per heavy atom. The summed E-state index contributed by atoms with van der Waals surface area (Å²) in [6.07, 6.45) is 2.14. The molecule has 4 nitrogen and oxygen atoms in total. The van der Waals surface area contributed by atoms with Gasteiger partial charge in [0.2, 0.25) is 0 Å². The second kappa shape index (κ2) is 8.01. The highest BCUT2D eigenvalue weighted by molar-refractivity contribution is 9.10. The summed E-state index contributed by atoms with van der Waals surface area (Å²) in [7, 11) is 0. The smallest absolute Gasteiger partial charge is 0.259 e. The van der Waals surface area contributed by atoms with Crippen LogP contribution in [-0.4, -0.2) is 25.2 Å². The Morgan fingerprint density at radius 1 is 1.33 bits per heavy atom. The molecule has 126 valence electrons. The molecule has 0 aromatic heterocycles. The number of benzene rings is 2. The molecular weight excluding hydrogens is 394 g/mol. The van der Waals surface area contributed by atoms with Crippen LogP contribution in [0.5, 0.6) is 5.75 Å². The van der Waals surface area contributed by atoms with Gasteiger partial charge in [0.15, 0.2) is 0 Å². The van der Waals surface area contributed by atoms with E-state index in [1.54, 1.807) is 30.3 Å². The van der Waals surface area contributed by atoms with E-state index < -0.39 is 0 Å². The Kier molecular flexibility index (Phi) is 5.76. The predicted octanol–water partition coefficient (Wildman–Crippen LogP) is 4.91. The van der Waals surface area contributed by atoms with E-state index in [-0.39, 0.29) is 12.0 Å². The van der Waals surface area contributed by atoms with Crippen molar-refractivity contribution in [1.82, 2.24) is 0 Å². The highest BCUT2D eigenvalue weighted by Gasteiger charge is 2.18. The molecule has 0 bridgehead atoms. The number of nitrogens with one attached hydrogen (secondary N) is 1. The number of ether oxygens (including phenoxy) is 2. The minimum Gasteiger partial charge on any atom is -0.490 e. The van der Waals surface area contributed by atoms with Gasteiger partial charge in [-0.25, -0.2) is 0 Å². The summed E-state index contributed by atoms with van der Waals surface area (Å²) < 4.78 is 12.2.